The lowest BCUT2D eigenvalue weighted by atomic mass is 9.91. The Morgan fingerprint density at radius 1 is 1.41 bits per heavy atom. The summed E-state index contributed by atoms with van der Waals surface area (Å²) >= 11 is 0. The van der Waals surface area contributed by atoms with Crippen LogP contribution in [0.1, 0.15) is 19.4 Å². The van der Waals surface area contributed by atoms with Crippen LogP contribution < -0.4 is 16.2 Å². The van der Waals surface area contributed by atoms with E-state index in [0.29, 0.717) is 6.54 Å². The van der Waals surface area contributed by atoms with Crippen molar-refractivity contribution >= 4 is 11.6 Å². The summed E-state index contributed by atoms with van der Waals surface area (Å²) in [5.41, 5.74) is 4.01. The molecule has 1 amide bonds. The molecule has 0 aliphatic heterocycles. The molecule has 0 radical (unpaired) electrons. The summed E-state index contributed by atoms with van der Waals surface area (Å²) in [7, 11) is 1.98. The molecule has 4 nitrogen and oxygen atoms in total. The number of benzene rings is 1. The molecule has 0 aliphatic carbocycles. The lowest BCUT2D eigenvalue weighted by molar-refractivity contribution is -0.128. The van der Waals surface area contributed by atoms with Gasteiger partial charge in [-0.2, -0.15) is 0 Å². The maximum absolute atomic E-state index is 11.6. The number of para-hydroxylation sites is 1. The molecule has 0 unspecified atom stereocenters. The van der Waals surface area contributed by atoms with Crippen molar-refractivity contribution in [1.82, 2.24) is 5.43 Å². The molecular weight excluding hydrogens is 214 g/mol. The van der Waals surface area contributed by atoms with Crippen LogP contribution >= 0.6 is 0 Å². The monoisotopic (exact) mass is 235 g/mol. The third-order valence-electron chi connectivity index (χ3n) is 2.90. The highest BCUT2D eigenvalue weighted by Gasteiger charge is 2.28. The highest BCUT2D eigenvalue weighted by Crippen LogP contribution is 2.23. The topological polar surface area (TPSA) is 58.4 Å². The average molecular weight is 235 g/mol. The molecule has 1 aromatic carbocycles. The number of amides is 1. The quantitative estimate of drug-likeness (QED) is 0.472. The molecule has 0 heterocycles. The summed E-state index contributed by atoms with van der Waals surface area (Å²) in [6.07, 6.45) is 0. The first-order valence-corrected chi connectivity index (χ1v) is 5.66. The number of aryl methyl sites for hydroxylation is 1. The van der Waals surface area contributed by atoms with E-state index in [1.54, 1.807) is 0 Å². The normalized spacial score (nSPS) is 11.1. The first kappa shape index (κ1) is 13.5. The number of hydrazine groups is 1. The van der Waals surface area contributed by atoms with Gasteiger partial charge in [0.25, 0.3) is 0 Å². The number of carbonyl (C=O) groups excluding carboxylic acids is 1. The number of nitrogens with two attached hydrogens (primary N) is 1. The van der Waals surface area contributed by atoms with Gasteiger partial charge in [0, 0.05) is 19.3 Å². The van der Waals surface area contributed by atoms with Crippen molar-refractivity contribution in [1.29, 1.82) is 0 Å². The zero-order valence-corrected chi connectivity index (χ0v) is 10.9. The Morgan fingerprint density at radius 3 is 2.53 bits per heavy atom. The molecule has 0 saturated carbocycles. The van der Waals surface area contributed by atoms with Gasteiger partial charge in [-0.05, 0) is 32.4 Å². The molecule has 0 aromatic heterocycles. The van der Waals surface area contributed by atoms with Gasteiger partial charge in [0.2, 0.25) is 5.91 Å². The van der Waals surface area contributed by atoms with E-state index in [-0.39, 0.29) is 5.91 Å². The van der Waals surface area contributed by atoms with Crippen molar-refractivity contribution in [2.45, 2.75) is 20.8 Å². The van der Waals surface area contributed by atoms with E-state index in [9.17, 15) is 4.79 Å². The SMILES string of the molecule is Cc1ccccc1N(C)CC(C)(C)C(=O)NN. The van der Waals surface area contributed by atoms with Gasteiger partial charge < -0.3 is 4.90 Å². The number of nitrogens with zero attached hydrogens (tertiary/aromatic N) is 1. The van der Waals surface area contributed by atoms with Crippen molar-refractivity contribution < 1.29 is 4.79 Å². The number of carbonyl (C=O) groups is 1. The molecule has 1 aromatic rings. The van der Waals surface area contributed by atoms with Gasteiger partial charge in [-0.15, -0.1) is 0 Å². The molecule has 94 valence electrons. The van der Waals surface area contributed by atoms with Crippen LogP contribution in [0.5, 0.6) is 0 Å². The van der Waals surface area contributed by atoms with E-state index in [2.05, 4.69) is 23.3 Å². The van der Waals surface area contributed by atoms with E-state index in [4.69, 9.17) is 5.84 Å². The molecule has 0 bridgehead atoms. The van der Waals surface area contributed by atoms with E-state index in [1.807, 2.05) is 39.1 Å². The van der Waals surface area contributed by atoms with Gasteiger partial charge in [0.05, 0.1) is 5.41 Å². The molecular formula is C13H21N3O. The summed E-state index contributed by atoms with van der Waals surface area (Å²) < 4.78 is 0. The Labute approximate surface area is 103 Å². The second-order valence-electron chi connectivity index (χ2n) is 5.00. The minimum atomic E-state index is -0.522. The predicted molar refractivity (Wildman–Crippen MR) is 70.6 cm³/mol. The minimum absolute atomic E-state index is 0.155. The van der Waals surface area contributed by atoms with E-state index in [0.717, 1.165) is 5.69 Å². The molecule has 1 rings (SSSR count). The third kappa shape index (κ3) is 3.20. The summed E-state index contributed by atoms with van der Waals surface area (Å²) in [5.74, 6) is 5.03. The van der Waals surface area contributed by atoms with Gasteiger partial charge in [-0.25, -0.2) is 5.84 Å². The zero-order valence-electron chi connectivity index (χ0n) is 10.9. The molecule has 0 atom stereocenters. The predicted octanol–water partition coefficient (Wildman–Crippen LogP) is 1.45. The van der Waals surface area contributed by atoms with Gasteiger partial charge in [-0.3, -0.25) is 10.2 Å². The fourth-order valence-corrected chi connectivity index (χ4v) is 1.94. The molecule has 0 saturated heterocycles. The molecule has 0 aliphatic rings. The Balaban J connectivity index is 2.83. The van der Waals surface area contributed by atoms with Crippen LogP contribution in [0.4, 0.5) is 5.69 Å². The fraction of sp³-hybridized carbons (Fsp3) is 0.462. The van der Waals surface area contributed by atoms with E-state index < -0.39 is 5.41 Å². The molecule has 3 N–H and O–H groups in total. The van der Waals surface area contributed by atoms with Crippen molar-refractivity contribution in [2.75, 3.05) is 18.5 Å². The maximum Gasteiger partial charge on any atom is 0.241 e. The Morgan fingerprint density at radius 2 is 2.00 bits per heavy atom. The summed E-state index contributed by atoms with van der Waals surface area (Å²) in [6, 6.07) is 8.10. The van der Waals surface area contributed by atoms with Crippen LogP contribution in [-0.4, -0.2) is 19.5 Å². The lowest BCUT2D eigenvalue weighted by Crippen LogP contribution is -2.46. The minimum Gasteiger partial charge on any atom is -0.373 e. The molecule has 0 spiro atoms. The Hall–Kier alpha value is -1.55. The van der Waals surface area contributed by atoms with Gasteiger partial charge >= 0.3 is 0 Å². The van der Waals surface area contributed by atoms with Gasteiger partial charge in [-0.1, -0.05) is 18.2 Å². The van der Waals surface area contributed by atoms with Crippen LogP contribution in [0.25, 0.3) is 0 Å². The molecule has 4 heteroatoms. The van der Waals surface area contributed by atoms with Gasteiger partial charge in [0.1, 0.15) is 0 Å². The smallest absolute Gasteiger partial charge is 0.241 e. The number of nitrogens with one attached hydrogen (secondary N) is 1. The van der Waals surface area contributed by atoms with Crippen molar-refractivity contribution in [3.8, 4) is 0 Å². The van der Waals surface area contributed by atoms with Crippen LogP contribution in [0, 0.1) is 12.3 Å². The number of hydrogen-bond donors (Lipinski definition) is 2. The number of rotatable bonds is 4. The highest BCUT2D eigenvalue weighted by molar-refractivity contribution is 5.82. The van der Waals surface area contributed by atoms with Crippen molar-refractivity contribution in [2.24, 2.45) is 11.3 Å². The first-order valence-electron chi connectivity index (χ1n) is 5.66. The molecule has 17 heavy (non-hydrogen) atoms. The first-order chi connectivity index (χ1) is 7.88. The number of anilines is 1. The number of hydrogen-bond acceptors (Lipinski definition) is 3. The Bertz CT molecular complexity index is 401. The molecule has 0 fully saturated rings. The van der Waals surface area contributed by atoms with E-state index >= 15 is 0 Å². The second kappa shape index (κ2) is 5.19. The zero-order chi connectivity index (χ0) is 13.1. The fourth-order valence-electron chi connectivity index (χ4n) is 1.94. The summed E-state index contributed by atoms with van der Waals surface area (Å²) in [4.78, 5) is 13.7. The lowest BCUT2D eigenvalue weighted by Gasteiger charge is -2.30. The maximum atomic E-state index is 11.6. The third-order valence-corrected chi connectivity index (χ3v) is 2.90. The average Bonchev–Trinajstić information content (AvgIpc) is 2.27. The highest BCUT2D eigenvalue weighted by atomic mass is 16.2. The van der Waals surface area contributed by atoms with E-state index in [1.165, 1.54) is 5.56 Å². The Kier molecular flexibility index (Phi) is 4.12. The summed E-state index contributed by atoms with van der Waals surface area (Å²) in [6.45, 7) is 6.43. The summed E-state index contributed by atoms with van der Waals surface area (Å²) in [5, 5.41) is 0. The standard InChI is InChI=1S/C13H21N3O/c1-10-7-5-6-8-11(10)16(4)9-13(2,3)12(17)15-14/h5-8H,9,14H2,1-4H3,(H,15,17). The van der Waals surface area contributed by atoms with Crippen LogP contribution in [0.2, 0.25) is 0 Å². The van der Waals surface area contributed by atoms with Crippen LogP contribution in [-0.2, 0) is 4.79 Å². The van der Waals surface area contributed by atoms with Crippen molar-refractivity contribution in [3.05, 3.63) is 29.8 Å². The second-order valence-corrected chi connectivity index (χ2v) is 5.00. The van der Waals surface area contributed by atoms with Crippen LogP contribution in [0.15, 0.2) is 24.3 Å². The van der Waals surface area contributed by atoms with Crippen molar-refractivity contribution in [3.63, 3.8) is 0 Å². The van der Waals surface area contributed by atoms with Crippen LogP contribution in [0.3, 0.4) is 0 Å². The largest absolute Gasteiger partial charge is 0.373 e. The van der Waals surface area contributed by atoms with Gasteiger partial charge in [0.15, 0.2) is 0 Å².